The molecule has 3 heteroatoms. The van der Waals surface area contributed by atoms with E-state index in [2.05, 4.69) is 12.2 Å². The number of methoxy groups -OCH3 is 1. The highest BCUT2D eigenvalue weighted by molar-refractivity contribution is 5.67. The predicted molar refractivity (Wildman–Crippen MR) is 61.0 cm³/mol. The van der Waals surface area contributed by atoms with Crippen molar-refractivity contribution in [2.45, 2.75) is 45.1 Å². The Morgan fingerprint density at radius 3 is 2.38 bits per heavy atom. The number of carbonyl (C=O) groups is 1. The second-order valence-electron chi connectivity index (χ2n) is 6.44. The molecule has 4 fully saturated rings. The van der Waals surface area contributed by atoms with Crippen molar-refractivity contribution in [3.63, 3.8) is 0 Å². The maximum absolute atomic E-state index is 11.4. The molecule has 0 aliphatic heterocycles. The molecule has 4 aliphatic carbocycles. The molecule has 0 aromatic rings. The van der Waals surface area contributed by atoms with Gasteiger partial charge in [0.25, 0.3) is 0 Å². The number of rotatable bonds is 1. The van der Waals surface area contributed by atoms with Gasteiger partial charge >= 0.3 is 6.09 Å². The number of alkyl carbamates (subject to hydrolysis) is 1. The van der Waals surface area contributed by atoms with E-state index < -0.39 is 0 Å². The van der Waals surface area contributed by atoms with Crippen LogP contribution in [0, 0.1) is 23.2 Å². The van der Waals surface area contributed by atoms with E-state index in [0.29, 0.717) is 23.3 Å². The van der Waals surface area contributed by atoms with Gasteiger partial charge in [0.1, 0.15) is 0 Å². The summed E-state index contributed by atoms with van der Waals surface area (Å²) in [6.07, 6.45) is 6.41. The Bertz CT molecular complexity index is 299. The van der Waals surface area contributed by atoms with Crippen LogP contribution in [0.3, 0.4) is 0 Å². The van der Waals surface area contributed by atoms with Gasteiger partial charge in [-0.05, 0) is 55.3 Å². The molecule has 90 valence electrons. The molecule has 3 nitrogen and oxygen atoms in total. The molecule has 0 aromatic heterocycles. The van der Waals surface area contributed by atoms with E-state index >= 15 is 0 Å². The van der Waals surface area contributed by atoms with E-state index in [9.17, 15) is 4.79 Å². The summed E-state index contributed by atoms with van der Waals surface area (Å²) in [4.78, 5) is 11.4. The monoisotopic (exact) mass is 223 g/mol. The topological polar surface area (TPSA) is 38.3 Å². The van der Waals surface area contributed by atoms with Crippen molar-refractivity contribution < 1.29 is 9.53 Å². The fourth-order valence-corrected chi connectivity index (χ4v) is 4.86. The molecule has 0 heterocycles. The molecule has 0 spiro atoms. The summed E-state index contributed by atoms with van der Waals surface area (Å²) >= 11 is 0. The minimum absolute atomic E-state index is 0.248. The first-order chi connectivity index (χ1) is 7.59. The molecule has 4 aliphatic rings. The van der Waals surface area contributed by atoms with Crippen molar-refractivity contribution in [1.82, 2.24) is 5.32 Å². The zero-order valence-corrected chi connectivity index (χ0v) is 10.2. The lowest BCUT2D eigenvalue weighted by molar-refractivity contribution is -0.0649. The lowest BCUT2D eigenvalue weighted by Gasteiger charge is -2.59. The van der Waals surface area contributed by atoms with E-state index in [1.54, 1.807) is 0 Å². The average Bonchev–Trinajstić information content (AvgIpc) is 2.20. The summed E-state index contributed by atoms with van der Waals surface area (Å²) in [5.41, 5.74) is 0.574. The van der Waals surface area contributed by atoms with Crippen LogP contribution in [0.1, 0.15) is 39.0 Å². The van der Waals surface area contributed by atoms with Crippen LogP contribution in [-0.2, 0) is 4.74 Å². The van der Waals surface area contributed by atoms with E-state index in [-0.39, 0.29) is 6.09 Å². The fraction of sp³-hybridized carbons (Fsp3) is 0.923. The quantitative estimate of drug-likeness (QED) is 0.742. The molecule has 1 amide bonds. The third-order valence-electron chi connectivity index (χ3n) is 5.05. The van der Waals surface area contributed by atoms with Gasteiger partial charge in [-0.3, -0.25) is 0 Å². The molecule has 2 atom stereocenters. The lowest BCUT2D eigenvalue weighted by Crippen LogP contribution is -2.58. The van der Waals surface area contributed by atoms with E-state index in [4.69, 9.17) is 4.74 Å². The van der Waals surface area contributed by atoms with Gasteiger partial charge in [-0.15, -0.1) is 0 Å². The van der Waals surface area contributed by atoms with Crippen LogP contribution in [0.2, 0.25) is 0 Å². The van der Waals surface area contributed by atoms with E-state index in [1.807, 2.05) is 0 Å². The van der Waals surface area contributed by atoms with Gasteiger partial charge in [-0.2, -0.15) is 0 Å². The first kappa shape index (κ1) is 10.4. The van der Waals surface area contributed by atoms with Gasteiger partial charge in [0.15, 0.2) is 0 Å². The number of carbonyl (C=O) groups excluding carboxylic acids is 1. The molecule has 0 saturated heterocycles. The van der Waals surface area contributed by atoms with Gasteiger partial charge < -0.3 is 10.1 Å². The van der Waals surface area contributed by atoms with E-state index in [0.717, 1.165) is 5.92 Å². The van der Waals surface area contributed by atoms with E-state index in [1.165, 1.54) is 39.2 Å². The Morgan fingerprint density at radius 1 is 1.25 bits per heavy atom. The van der Waals surface area contributed by atoms with Crippen molar-refractivity contribution >= 4 is 6.09 Å². The number of hydrogen-bond acceptors (Lipinski definition) is 2. The minimum atomic E-state index is -0.248. The molecular formula is C13H21NO2. The lowest BCUT2D eigenvalue weighted by atomic mass is 9.48. The third-order valence-corrected chi connectivity index (χ3v) is 5.05. The molecule has 1 N–H and O–H groups in total. The smallest absolute Gasteiger partial charge is 0.407 e. The van der Waals surface area contributed by atoms with Crippen molar-refractivity contribution in [2.75, 3.05) is 7.11 Å². The maximum atomic E-state index is 11.4. The molecule has 2 unspecified atom stereocenters. The minimum Gasteiger partial charge on any atom is -0.453 e. The van der Waals surface area contributed by atoms with Crippen LogP contribution in [0.4, 0.5) is 4.79 Å². The largest absolute Gasteiger partial charge is 0.453 e. The van der Waals surface area contributed by atoms with Gasteiger partial charge in [0.2, 0.25) is 0 Å². The summed E-state index contributed by atoms with van der Waals surface area (Å²) < 4.78 is 4.73. The maximum Gasteiger partial charge on any atom is 0.407 e. The Balaban J connectivity index is 1.76. The summed E-state index contributed by atoms with van der Waals surface area (Å²) in [6, 6.07) is 0.386. The van der Waals surface area contributed by atoms with Gasteiger partial charge in [0, 0.05) is 6.04 Å². The van der Waals surface area contributed by atoms with Gasteiger partial charge in [0.05, 0.1) is 7.11 Å². The molecule has 0 aromatic carbocycles. The summed E-state index contributed by atoms with van der Waals surface area (Å²) in [7, 11) is 1.45. The first-order valence-electron chi connectivity index (χ1n) is 6.44. The number of amides is 1. The summed E-state index contributed by atoms with van der Waals surface area (Å²) in [5.74, 6) is 2.34. The van der Waals surface area contributed by atoms with Crippen LogP contribution < -0.4 is 5.32 Å². The average molecular weight is 223 g/mol. The van der Waals surface area contributed by atoms with Crippen molar-refractivity contribution in [3.05, 3.63) is 0 Å². The Kier molecular flexibility index (Phi) is 2.20. The van der Waals surface area contributed by atoms with Gasteiger partial charge in [-0.25, -0.2) is 4.79 Å². The highest BCUT2D eigenvalue weighted by Crippen LogP contribution is 2.59. The molecule has 0 radical (unpaired) electrons. The number of nitrogens with one attached hydrogen (secondary N) is 1. The zero-order valence-electron chi connectivity index (χ0n) is 10.2. The van der Waals surface area contributed by atoms with Crippen LogP contribution in [0.15, 0.2) is 0 Å². The highest BCUT2D eigenvalue weighted by Gasteiger charge is 2.53. The highest BCUT2D eigenvalue weighted by atomic mass is 16.5. The molecule has 16 heavy (non-hydrogen) atoms. The Labute approximate surface area is 96.9 Å². The predicted octanol–water partition coefficient (Wildman–Crippen LogP) is 2.56. The zero-order chi connectivity index (χ0) is 11.3. The Morgan fingerprint density at radius 2 is 1.88 bits per heavy atom. The molecule has 4 saturated carbocycles. The van der Waals surface area contributed by atoms with Crippen molar-refractivity contribution in [1.29, 1.82) is 0 Å². The normalized spacial score (nSPS) is 49.1. The standard InChI is InChI=1S/C13H21NO2/c1-13-5-8-3-9(6-13)11(10(4-8)7-13)14-12(15)16-2/h8-11H,3-7H2,1-2H3,(H,14,15). The Hall–Kier alpha value is -0.730. The number of ether oxygens (including phenoxy) is 1. The van der Waals surface area contributed by atoms with Crippen molar-refractivity contribution in [2.24, 2.45) is 23.2 Å². The summed E-state index contributed by atoms with van der Waals surface area (Å²) in [5, 5.41) is 3.07. The van der Waals surface area contributed by atoms with Crippen molar-refractivity contribution in [3.8, 4) is 0 Å². The molecule has 4 rings (SSSR count). The van der Waals surface area contributed by atoms with Crippen LogP contribution in [0.5, 0.6) is 0 Å². The first-order valence-corrected chi connectivity index (χ1v) is 6.44. The fourth-order valence-electron chi connectivity index (χ4n) is 4.86. The second-order valence-corrected chi connectivity index (χ2v) is 6.44. The molecule has 4 bridgehead atoms. The van der Waals surface area contributed by atoms with Crippen LogP contribution >= 0.6 is 0 Å². The van der Waals surface area contributed by atoms with Gasteiger partial charge in [-0.1, -0.05) is 6.92 Å². The molecular weight excluding hydrogens is 202 g/mol. The van der Waals surface area contributed by atoms with Crippen LogP contribution in [-0.4, -0.2) is 19.2 Å². The second kappa shape index (κ2) is 3.38. The summed E-state index contributed by atoms with van der Waals surface area (Å²) in [6.45, 7) is 2.44. The third kappa shape index (κ3) is 1.52. The number of hydrogen-bond donors (Lipinski definition) is 1. The SMILES string of the molecule is COC(=O)NC1C2CC3CC1CC(C)(C3)C2. The van der Waals surface area contributed by atoms with Crippen LogP contribution in [0.25, 0.3) is 0 Å².